The molecule has 0 fully saturated rings. The lowest BCUT2D eigenvalue weighted by Crippen LogP contribution is -2.41. The van der Waals surface area contributed by atoms with Crippen LogP contribution in [0.4, 0.5) is 16.2 Å². The van der Waals surface area contributed by atoms with Crippen molar-refractivity contribution in [1.29, 1.82) is 0 Å². The lowest BCUT2D eigenvalue weighted by Gasteiger charge is -2.26. The Morgan fingerprint density at radius 1 is 0.750 bits per heavy atom. The molecule has 0 spiro atoms. The number of amides is 2. The van der Waals surface area contributed by atoms with Crippen LogP contribution in [0.1, 0.15) is 51.3 Å². The van der Waals surface area contributed by atoms with Gasteiger partial charge in [0.2, 0.25) is 0 Å². The highest BCUT2D eigenvalue weighted by Crippen LogP contribution is 2.18. The third-order valence-electron chi connectivity index (χ3n) is 7.22. The standard InChI is InChI=1S/C33H42N2O5.C7H9N/c1-6-35(24-27-11-9-8-10-12-27)31(36)30(38-7-2)23-26-15-19-29(20-16-26)39-22-21-25-13-17-28(18-14-25)34-32(37)40-33(3,4)5;1-8-7-5-3-2-4-6-7/h8-20,30H,6-7,21-24H2,1-5H3,(H,34,37);2-6,8H,1H3. The number of likely N-dealkylation sites (N-methyl/N-ethyl adjacent to an activating group) is 1. The van der Waals surface area contributed by atoms with Crippen LogP contribution in [-0.4, -0.2) is 55.4 Å². The zero-order valence-corrected chi connectivity index (χ0v) is 29.2. The Morgan fingerprint density at radius 2 is 1.35 bits per heavy atom. The van der Waals surface area contributed by atoms with Gasteiger partial charge >= 0.3 is 6.09 Å². The van der Waals surface area contributed by atoms with E-state index in [1.54, 1.807) is 0 Å². The highest BCUT2D eigenvalue weighted by atomic mass is 16.6. The monoisotopic (exact) mass is 653 g/mol. The zero-order chi connectivity index (χ0) is 34.8. The van der Waals surface area contributed by atoms with Crippen molar-refractivity contribution in [3.63, 3.8) is 0 Å². The van der Waals surface area contributed by atoms with Gasteiger partial charge < -0.3 is 24.4 Å². The number of para-hydroxylation sites is 1. The van der Waals surface area contributed by atoms with Gasteiger partial charge in [-0.15, -0.1) is 0 Å². The van der Waals surface area contributed by atoms with Crippen molar-refractivity contribution in [2.24, 2.45) is 0 Å². The van der Waals surface area contributed by atoms with Crippen molar-refractivity contribution in [3.8, 4) is 5.75 Å². The molecule has 4 aromatic carbocycles. The average molecular weight is 654 g/mol. The second-order valence-corrected chi connectivity index (χ2v) is 12.2. The Morgan fingerprint density at radius 3 is 1.90 bits per heavy atom. The van der Waals surface area contributed by atoms with E-state index in [4.69, 9.17) is 14.2 Å². The smallest absolute Gasteiger partial charge is 0.412 e. The van der Waals surface area contributed by atoms with Gasteiger partial charge in [0.25, 0.3) is 5.91 Å². The molecule has 2 N–H and O–H groups in total. The van der Waals surface area contributed by atoms with Crippen molar-refractivity contribution in [2.75, 3.05) is 37.4 Å². The predicted molar refractivity (Wildman–Crippen MR) is 195 cm³/mol. The molecule has 1 atom stereocenters. The first kappa shape index (κ1) is 37.6. The fourth-order valence-electron chi connectivity index (χ4n) is 4.78. The summed E-state index contributed by atoms with van der Waals surface area (Å²) in [5.74, 6) is 0.770. The number of benzene rings is 4. The Balaban J connectivity index is 0.000000681. The number of ether oxygens (including phenoxy) is 3. The lowest BCUT2D eigenvalue weighted by atomic mass is 10.1. The van der Waals surface area contributed by atoms with Crippen LogP contribution < -0.4 is 15.4 Å². The molecule has 0 radical (unpaired) electrons. The van der Waals surface area contributed by atoms with Gasteiger partial charge in [0.05, 0.1) is 6.61 Å². The first-order chi connectivity index (χ1) is 23.1. The summed E-state index contributed by atoms with van der Waals surface area (Å²) in [5, 5.41) is 5.76. The number of carbonyl (C=O) groups excluding carboxylic acids is 2. The summed E-state index contributed by atoms with van der Waals surface area (Å²) in [6.07, 6.45) is 0.220. The number of nitrogens with one attached hydrogen (secondary N) is 2. The molecule has 48 heavy (non-hydrogen) atoms. The maximum absolute atomic E-state index is 13.3. The predicted octanol–water partition coefficient (Wildman–Crippen LogP) is 8.38. The van der Waals surface area contributed by atoms with Crippen LogP contribution in [0.5, 0.6) is 5.75 Å². The van der Waals surface area contributed by atoms with Crippen molar-refractivity contribution < 1.29 is 23.8 Å². The van der Waals surface area contributed by atoms with E-state index in [2.05, 4.69) is 10.6 Å². The summed E-state index contributed by atoms with van der Waals surface area (Å²) >= 11 is 0. The molecule has 1 unspecified atom stereocenters. The summed E-state index contributed by atoms with van der Waals surface area (Å²) in [6.45, 7) is 11.6. The molecule has 0 saturated heterocycles. The fourth-order valence-corrected chi connectivity index (χ4v) is 4.78. The highest BCUT2D eigenvalue weighted by molar-refractivity contribution is 5.84. The summed E-state index contributed by atoms with van der Waals surface area (Å²) in [6, 6.07) is 35.5. The zero-order valence-electron chi connectivity index (χ0n) is 29.2. The first-order valence-electron chi connectivity index (χ1n) is 16.6. The third-order valence-corrected chi connectivity index (χ3v) is 7.22. The minimum Gasteiger partial charge on any atom is -0.493 e. The van der Waals surface area contributed by atoms with Crippen LogP contribution in [0.25, 0.3) is 0 Å². The van der Waals surface area contributed by atoms with Gasteiger partial charge in [-0.2, -0.15) is 0 Å². The van der Waals surface area contributed by atoms with E-state index in [9.17, 15) is 9.59 Å². The molecule has 4 rings (SSSR count). The number of carbonyl (C=O) groups is 2. The minimum absolute atomic E-state index is 0.000780. The van der Waals surface area contributed by atoms with Crippen LogP contribution in [0, 0.1) is 0 Å². The Bertz CT molecular complexity index is 1490. The SMILES string of the molecule is CCOC(Cc1ccc(OCCc2ccc(NC(=O)OC(C)(C)C)cc2)cc1)C(=O)N(CC)Cc1ccccc1.CNc1ccccc1. The second-order valence-electron chi connectivity index (χ2n) is 12.2. The fraction of sp³-hybridized carbons (Fsp3) is 0.350. The number of rotatable bonds is 14. The maximum atomic E-state index is 13.3. The lowest BCUT2D eigenvalue weighted by molar-refractivity contribution is -0.143. The van der Waals surface area contributed by atoms with Crippen LogP contribution in [0.2, 0.25) is 0 Å². The summed E-state index contributed by atoms with van der Waals surface area (Å²) in [4.78, 5) is 27.1. The van der Waals surface area contributed by atoms with Gasteiger partial charge in [-0.1, -0.05) is 72.8 Å². The van der Waals surface area contributed by atoms with Crippen molar-refractivity contribution >= 4 is 23.4 Å². The van der Waals surface area contributed by atoms with E-state index in [1.165, 1.54) is 0 Å². The molecule has 2 amide bonds. The maximum Gasteiger partial charge on any atom is 0.412 e. The molecule has 0 bridgehead atoms. The summed E-state index contributed by atoms with van der Waals surface area (Å²) < 4.78 is 17.1. The van der Waals surface area contributed by atoms with Gasteiger partial charge in [-0.25, -0.2) is 4.79 Å². The van der Waals surface area contributed by atoms with E-state index >= 15 is 0 Å². The van der Waals surface area contributed by atoms with Crippen molar-refractivity contribution in [1.82, 2.24) is 4.90 Å². The summed E-state index contributed by atoms with van der Waals surface area (Å²) in [7, 11) is 1.91. The number of anilines is 2. The van der Waals surface area contributed by atoms with Gasteiger partial charge in [0.15, 0.2) is 0 Å². The normalized spacial score (nSPS) is 11.4. The van der Waals surface area contributed by atoms with Crippen LogP contribution in [0.15, 0.2) is 109 Å². The molecule has 0 aromatic heterocycles. The van der Waals surface area contributed by atoms with E-state index in [1.807, 2.05) is 156 Å². The molecule has 256 valence electrons. The summed E-state index contributed by atoms with van der Waals surface area (Å²) in [5.41, 5.74) is 4.51. The van der Waals surface area contributed by atoms with Gasteiger partial charge in [0, 0.05) is 51.0 Å². The number of hydrogen-bond acceptors (Lipinski definition) is 6. The first-order valence-corrected chi connectivity index (χ1v) is 16.6. The van der Waals surface area contributed by atoms with Gasteiger partial charge in [0.1, 0.15) is 17.5 Å². The van der Waals surface area contributed by atoms with E-state index in [0.29, 0.717) is 38.4 Å². The van der Waals surface area contributed by atoms with Crippen molar-refractivity contribution in [2.45, 2.75) is 65.7 Å². The molecular weight excluding hydrogens is 602 g/mol. The Labute approximate surface area is 286 Å². The van der Waals surface area contributed by atoms with E-state index in [-0.39, 0.29) is 5.91 Å². The molecule has 8 nitrogen and oxygen atoms in total. The molecule has 0 saturated carbocycles. The largest absolute Gasteiger partial charge is 0.493 e. The number of hydrogen-bond donors (Lipinski definition) is 2. The van der Waals surface area contributed by atoms with E-state index in [0.717, 1.165) is 34.5 Å². The Hall–Kier alpha value is -4.82. The molecule has 0 aliphatic carbocycles. The molecule has 4 aromatic rings. The van der Waals surface area contributed by atoms with Gasteiger partial charge in [-0.05, 0) is 87.7 Å². The second kappa shape index (κ2) is 19.8. The van der Waals surface area contributed by atoms with Crippen LogP contribution in [0.3, 0.4) is 0 Å². The van der Waals surface area contributed by atoms with Crippen molar-refractivity contribution in [3.05, 3.63) is 126 Å². The quantitative estimate of drug-likeness (QED) is 0.142. The Kier molecular flexibility index (Phi) is 15.5. The minimum atomic E-state index is -0.541. The molecule has 0 aliphatic heterocycles. The molecule has 0 aliphatic rings. The van der Waals surface area contributed by atoms with Crippen LogP contribution >= 0.6 is 0 Å². The highest BCUT2D eigenvalue weighted by Gasteiger charge is 2.24. The van der Waals surface area contributed by atoms with E-state index < -0.39 is 17.8 Å². The molecule has 0 heterocycles. The van der Waals surface area contributed by atoms with Gasteiger partial charge in [-0.3, -0.25) is 10.1 Å². The van der Waals surface area contributed by atoms with Crippen LogP contribution in [-0.2, 0) is 33.7 Å². The molecule has 8 heteroatoms. The number of nitrogens with zero attached hydrogens (tertiary/aromatic N) is 1. The topological polar surface area (TPSA) is 89.1 Å². The molecular formula is C40H51N3O5. The third kappa shape index (κ3) is 13.9. The average Bonchev–Trinajstić information content (AvgIpc) is 3.08.